The highest BCUT2D eigenvalue weighted by Gasteiger charge is 2.09. The van der Waals surface area contributed by atoms with E-state index in [9.17, 15) is 10.1 Å². The summed E-state index contributed by atoms with van der Waals surface area (Å²) in [7, 11) is 0. The molecule has 0 fully saturated rings. The van der Waals surface area contributed by atoms with E-state index in [2.05, 4.69) is 24.0 Å². The molecule has 0 aliphatic heterocycles. The Kier molecular flexibility index (Phi) is 6.49. The van der Waals surface area contributed by atoms with Crippen molar-refractivity contribution >= 4 is 17.4 Å². The fourth-order valence-corrected chi connectivity index (χ4v) is 3.10. The van der Waals surface area contributed by atoms with Crippen molar-refractivity contribution in [1.29, 1.82) is 0 Å². The van der Waals surface area contributed by atoms with Crippen LogP contribution < -0.4 is 4.90 Å². The predicted molar refractivity (Wildman–Crippen MR) is 91.8 cm³/mol. The zero-order valence-corrected chi connectivity index (χ0v) is 14.2. The van der Waals surface area contributed by atoms with Crippen LogP contribution in [0.25, 0.3) is 11.3 Å². The van der Waals surface area contributed by atoms with E-state index in [4.69, 9.17) is 0 Å². The summed E-state index contributed by atoms with van der Waals surface area (Å²) >= 11 is 1.69. The third-order valence-corrected chi connectivity index (χ3v) is 4.62. The van der Waals surface area contributed by atoms with E-state index in [0.717, 1.165) is 30.4 Å². The molecule has 0 radical (unpaired) electrons. The first kappa shape index (κ1) is 17.4. The van der Waals surface area contributed by atoms with Crippen molar-refractivity contribution in [3.63, 3.8) is 0 Å². The second-order valence-corrected chi connectivity index (χ2v) is 6.24. The summed E-state index contributed by atoms with van der Waals surface area (Å²) in [5.41, 5.74) is 1.41. The lowest BCUT2D eigenvalue weighted by molar-refractivity contribution is -0.893. The molecule has 1 aromatic carbocycles. The number of nitrogens with zero attached hydrogens (tertiary/aromatic N) is 3. The van der Waals surface area contributed by atoms with E-state index in [1.54, 1.807) is 28.8 Å². The SMILES string of the molecule is CC[NH+](CC)CCSc1ccc(-c2cccc([N+](=O)[O-])c2)nn1. The second-order valence-electron chi connectivity index (χ2n) is 5.12. The number of thioether (sulfide) groups is 1. The van der Waals surface area contributed by atoms with Crippen LogP contribution >= 0.6 is 11.8 Å². The number of nitro benzene ring substituents is 1. The standard InChI is InChI=1S/C16H20N4O2S/c1-3-19(4-2)10-11-23-16-9-8-15(17-18-16)13-6-5-7-14(12-13)20(21)22/h5-9,12H,3-4,10-11H2,1-2H3/p+1. The van der Waals surface area contributed by atoms with Crippen LogP contribution in [0.3, 0.4) is 0 Å². The summed E-state index contributed by atoms with van der Waals surface area (Å²) < 4.78 is 0. The molecule has 6 nitrogen and oxygen atoms in total. The summed E-state index contributed by atoms with van der Waals surface area (Å²) in [5, 5.41) is 20.1. The number of nitro groups is 1. The van der Waals surface area contributed by atoms with Gasteiger partial charge < -0.3 is 4.90 Å². The second kappa shape index (κ2) is 8.59. The zero-order valence-electron chi connectivity index (χ0n) is 13.4. The number of hydrogen-bond acceptors (Lipinski definition) is 5. The average Bonchev–Trinajstić information content (AvgIpc) is 2.59. The Morgan fingerprint density at radius 3 is 2.57 bits per heavy atom. The first-order valence-electron chi connectivity index (χ1n) is 7.69. The minimum atomic E-state index is -0.406. The highest BCUT2D eigenvalue weighted by molar-refractivity contribution is 7.99. The molecule has 23 heavy (non-hydrogen) atoms. The molecule has 1 aromatic heterocycles. The number of rotatable bonds is 8. The van der Waals surface area contributed by atoms with Gasteiger partial charge in [0.15, 0.2) is 0 Å². The molecular weight excluding hydrogens is 312 g/mol. The molecular formula is C16H21N4O2S+. The maximum atomic E-state index is 10.8. The number of hydrogen-bond donors (Lipinski definition) is 1. The molecule has 0 saturated carbocycles. The Morgan fingerprint density at radius 1 is 1.17 bits per heavy atom. The van der Waals surface area contributed by atoms with Crippen LogP contribution in [0.4, 0.5) is 5.69 Å². The molecule has 2 aromatic rings. The van der Waals surface area contributed by atoms with Gasteiger partial charge in [0, 0.05) is 23.4 Å². The molecule has 1 heterocycles. The van der Waals surface area contributed by atoms with Gasteiger partial charge in [-0.2, -0.15) is 0 Å². The molecule has 0 aliphatic rings. The van der Waals surface area contributed by atoms with Crippen LogP contribution in [0.1, 0.15) is 13.8 Å². The Balaban J connectivity index is 1.99. The number of benzene rings is 1. The molecule has 0 spiro atoms. The summed E-state index contributed by atoms with van der Waals surface area (Å²) in [6.45, 7) is 7.75. The van der Waals surface area contributed by atoms with Crippen molar-refractivity contribution in [2.45, 2.75) is 18.9 Å². The van der Waals surface area contributed by atoms with Crippen molar-refractivity contribution in [1.82, 2.24) is 10.2 Å². The van der Waals surface area contributed by atoms with Crippen LogP contribution in [0.15, 0.2) is 41.4 Å². The Hall–Kier alpha value is -1.99. The largest absolute Gasteiger partial charge is 0.335 e. The fraction of sp³-hybridized carbons (Fsp3) is 0.375. The van der Waals surface area contributed by atoms with E-state index in [-0.39, 0.29) is 5.69 Å². The molecule has 0 aliphatic carbocycles. The number of non-ortho nitro benzene ring substituents is 1. The highest BCUT2D eigenvalue weighted by atomic mass is 32.2. The lowest BCUT2D eigenvalue weighted by Gasteiger charge is -2.14. The quantitative estimate of drug-likeness (QED) is 0.455. The molecule has 7 heteroatoms. The molecule has 0 atom stereocenters. The lowest BCUT2D eigenvalue weighted by atomic mass is 10.1. The Bertz CT molecular complexity index is 645. The molecule has 2 rings (SSSR count). The zero-order chi connectivity index (χ0) is 16.7. The topological polar surface area (TPSA) is 73.4 Å². The average molecular weight is 333 g/mol. The molecule has 0 amide bonds. The van der Waals surface area contributed by atoms with E-state index in [1.165, 1.54) is 12.1 Å². The van der Waals surface area contributed by atoms with Gasteiger partial charge in [-0.25, -0.2) is 0 Å². The first-order valence-corrected chi connectivity index (χ1v) is 8.67. The highest BCUT2D eigenvalue weighted by Crippen LogP contribution is 2.23. The van der Waals surface area contributed by atoms with Gasteiger partial charge >= 0.3 is 0 Å². The van der Waals surface area contributed by atoms with Crippen LogP contribution in [-0.4, -0.2) is 40.5 Å². The molecule has 0 saturated heterocycles. The normalized spacial score (nSPS) is 10.9. The van der Waals surface area contributed by atoms with Crippen LogP contribution in [0.5, 0.6) is 0 Å². The lowest BCUT2D eigenvalue weighted by Crippen LogP contribution is -3.11. The minimum absolute atomic E-state index is 0.0601. The minimum Gasteiger partial charge on any atom is -0.335 e. The third kappa shape index (κ3) is 5.01. The van der Waals surface area contributed by atoms with Crippen molar-refractivity contribution in [3.8, 4) is 11.3 Å². The van der Waals surface area contributed by atoms with E-state index < -0.39 is 4.92 Å². The van der Waals surface area contributed by atoms with E-state index in [0.29, 0.717) is 11.3 Å². The van der Waals surface area contributed by atoms with Gasteiger partial charge in [0.25, 0.3) is 5.69 Å². The van der Waals surface area contributed by atoms with Crippen LogP contribution in [-0.2, 0) is 0 Å². The van der Waals surface area contributed by atoms with E-state index >= 15 is 0 Å². The number of nitrogens with one attached hydrogen (secondary N) is 1. The van der Waals surface area contributed by atoms with E-state index in [1.807, 2.05) is 12.1 Å². The summed E-state index contributed by atoms with van der Waals surface area (Å²) in [6, 6.07) is 10.2. The van der Waals surface area contributed by atoms with Crippen molar-refractivity contribution in [2.24, 2.45) is 0 Å². The fourth-order valence-electron chi connectivity index (χ4n) is 2.23. The maximum absolute atomic E-state index is 10.8. The molecule has 0 bridgehead atoms. The summed E-state index contributed by atoms with van der Waals surface area (Å²) in [6.07, 6.45) is 0. The predicted octanol–water partition coefficient (Wildman–Crippen LogP) is 2.07. The van der Waals surface area contributed by atoms with Gasteiger partial charge in [-0.1, -0.05) is 23.9 Å². The van der Waals surface area contributed by atoms with Gasteiger partial charge in [0.05, 0.1) is 30.3 Å². The number of quaternary nitrogens is 1. The van der Waals surface area contributed by atoms with Gasteiger partial charge in [-0.3, -0.25) is 10.1 Å². The molecule has 0 unspecified atom stereocenters. The van der Waals surface area contributed by atoms with Gasteiger partial charge in [-0.15, -0.1) is 10.2 Å². The van der Waals surface area contributed by atoms with Crippen LogP contribution in [0.2, 0.25) is 0 Å². The summed E-state index contributed by atoms with van der Waals surface area (Å²) in [4.78, 5) is 12.0. The van der Waals surface area contributed by atoms with Gasteiger partial charge in [-0.05, 0) is 26.0 Å². The third-order valence-electron chi connectivity index (χ3n) is 3.70. The molecule has 1 N–H and O–H groups in total. The van der Waals surface area contributed by atoms with Crippen molar-refractivity contribution < 1.29 is 9.82 Å². The van der Waals surface area contributed by atoms with Crippen LogP contribution in [0, 0.1) is 10.1 Å². The van der Waals surface area contributed by atoms with Crippen molar-refractivity contribution in [3.05, 3.63) is 46.5 Å². The smallest absolute Gasteiger partial charge is 0.270 e. The monoisotopic (exact) mass is 333 g/mol. The van der Waals surface area contributed by atoms with Gasteiger partial charge in [0.2, 0.25) is 0 Å². The first-order chi connectivity index (χ1) is 11.1. The van der Waals surface area contributed by atoms with Crippen molar-refractivity contribution in [2.75, 3.05) is 25.4 Å². The number of aromatic nitrogens is 2. The van der Waals surface area contributed by atoms with Gasteiger partial charge in [0.1, 0.15) is 5.03 Å². The Morgan fingerprint density at radius 2 is 1.96 bits per heavy atom. The Labute approximate surface area is 140 Å². The molecule has 122 valence electrons. The maximum Gasteiger partial charge on any atom is 0.270 e. The summed E-state index contributed by atoms with van der Waals surface area (Å²) in [5.74, 6) is 1.00.